The molecule has 1 amide bonds. The maximum atomic E-state index is 12.8. The highest BCUT2D eigenvalue weighted by molar-refractivity contribution is 5.97. The maximum absolute atomic E-state index is 12.8. The fourth-order valence-corrected chi connectivity index (χ4v) is 3.27. The van der Waals surface area contributed by atoms with Crippen LogP contribution in [0.25, 0.3) is 0 Å². The SMILES string of the molecule is CCCOc1ccc(NC(=O)C2(OC)CCCC(C)C2)cc1C#N. The van der Waals surface area contributed by atoms with Crippen molar-refractivity contribution < 1.29 is 14.3 Å². The van der Waals surface area contributed by atoms with Gasteiger partial charge in [-0.15, -0.1) is 0 Å². The molecule has 2 atom stereocenters. The van der Waals surface area contributed by atoms with Crippen LogP contribution in [0.3, 0.4) is 0 Å². The Kier molecular flexibility index (Phi) is 6.22. The standard InChI is InChI=1S/C19H26N2O3/c1-4-10-24-17-8-7-16(11-15(17)13-20)21-18(22)19(23-3)9-5-6-14(2)12-19/h7-8,11,14H,4-6,9-10,12H2,1-3H3,(H,21,22). The summed E-state index contributed by atoms with van der Waals surface area (Å²) in [6, 6.07) is 7.26. The molecule has 0 aromatic heterocycles. The number of hydrogen-bond donors (Lipinski definition) is 1. The predicted molar refractivity (Wildman–Crippen MR) is 92.9 cm³/mol. The normalized spacial score (nSPS) is 23.3. The number of benzene rings is 1. The van der Waals surface area contributed by atoms with Gasteiger partial charge in [0.25, 0.3) is 5.91 Å². The van der Waals surface area contributed by atoms with Crippen LogP contribution in [-0.4, -0.2) is 25.2 Å². The predicted octanol–water partition coefficient (Wildman–Crippen LogP) is 3.88. The quantitative estimate of drug-likeness (QED) is 0.859. The molecule has 0 radical (unpaired) electrons. The molecule has 0 aliphatic heterocycles. The lowest BCUT2D eigenvalue weighted by molar-refractivity contribution is -0.143. The van der Waals surface area contributed by atoms with Gasteiger partial charge in [0.2, 0.25) is 0 Å². The molecule has 1 fully saturated rings. The fourth-order valence-electron chi connectivity index (χ4n) is 3.27. The Hall–Kier alpha value is -2.06. The molecule has 1 saturated carbocycles. The smallest absolute Gasteiger partial charge is 0.256 e. The van der Waals surface area contributed by atoms with Crippen LogP contribution in [0.15, 0.2) is 18.2 Å². The summed E-state index contributed by atoms with van der Waals surface area (Å²) >= 11 is 0. The van der Waals surface area contributed by atoms with E-state index in [4.69, 9.17) is 9.47 Å². The van der Waals surface area contributed by atoms with Crippen molar-refractivity contribution in [3.05, 3.63) is 23.8 Å². The van der Waals surface area contributed by atoms with Crippen LogP contribution in [0.5, 0.6) is 5.75 Å². The third-order valence-electron chi connectivity index (χ3n) is 4.58. The molecule has 1 aliphatic rings. The average molecular weight is 330 g/mol. The third kappa shape index (κ3) is 4.07. The van der Waals surface area contributed by atoms with Crippen molar-refractivity contribution in [1.29, 1.82) is 5.26 Å². The van der Waals surface area contributed by atoms with Gasteiger partial charge >= 0.3 is 0 Å². The number of nitrogens with zero attached hydrogens (tertiary/aromatic N) is 1. The second-order valence-electron chi connectivity index (χ2n) is 6.53. The van der Waals surface area contributed by atoms with Crippen molar-refractivity contribution >= 4 is 11.6 Å². The fraction of sp³-hybridized carbons (Fsp3) is 0.579. The van der Waals surface area contributed by atoms with Gasteiger partial charge in [0, 0.05) is 12.8 Å². The Morgan fingerprint density at radius 3 is 2.92 bits per heavy atom. The molecular formula is C19H26N2O3. The van der Waals surface area contributed by atoms with Crippen molar-refractivity contribution in [1.82, 2.24) is 0 Å². The molecule has 2 unspecified atom stereocenters. The Morgan fingerprint density at radius 2 is 2.29 bits per heavy atom. The zero-order valence-electron chi connectivity index (χ0n) is 14.7. The van der Waals surface area contributed by atoms with E-state index in [1.807, 2.05) is 6.92 Å². The molecule has 2 rings (SSSR count). The van der Waals surface area contributed by atoms with Crippen LogP contribution in [-0.2, 0) is 9.53 Å². The van der Waals surface area contributed by atoms with E-state index in [1.54, 1.807) is 25.3 Å². The van der Waals surface area contributed by atoms with Gasteiger partial charge in [0.1, 0.15) is 17.4 Å². The third-order valence-corrected chi connectivity index (χ3v) is 4.58. The highest BCUT2D eigenvalue weighted by Gasteiger charge is 2.42. The molecular weight excluding hydrogens is 304 g/mol. The van der Waals surface area contributed by atoms with E-state index in [2.05, 4.69) is 18.3 Å². The number of ether oxygens (including phenoxy) is 2. The van der Waals surface area contributed by atoms with E-state index >= 15 is 0 Å². The van der Waals surface area contributed by atoms with E-state index in [9.17, 15) is 10.1 Å². The molecule has 1 aliphatic carbocycles. The van der Waals surface area contributed by atoms with Crippen LogP contribution >= 0.6 is 0 Å². The lowest BCUT2D eigenvalue weighted by atomic mass is 9.78. The van der Waals surface area contributed by atoms with Crippen LogP contribution in [0, 0.1) is 17.2 Å². The molecule has 130 valence electrons. The second kappa shape index (κ2) is 8.16. The van der Waals surface area contributed by atoms with Gasteiger partial charge in [-0.05, 0) is 49.8 Å². The van der Waals surface area contributed by atoms with Crippen molar-refractivity contribution in [2.24, 2.45) is 5.92 Å². The van der Waals surface area contributed by atoms with Gasteiger partial charge in [-0.2, -0.15) is 5.26 Å². The summed E-state index contributed by atoms with van der Waals surface area (Å²) in [7, 11) is 1.60. The Bertz CT molecular complexity index is 624. The minimum atomic E-state index is -0.776. The van der Waals surface area contributed by atoms with Gasteiger partial charge in [0.15, 0.2) is 0 Å². The number of amides is 1. The van der Waals surface area contributed by atoms with Gasteiger partial charge in [0.05, 0.1) is 12.2 Å². The number of hydrogen-bond acceptors (Lipinski definition) is 4. The van der Waals surface area contributed by atoms with E-state index < -0.39 is 5.60 Å². The largest absolute Gasteiger partial charge is 0.492 e. The number of methoxy groups -OCH3 is 1. The molecule has 0 heterocycles. The lowest BCUT2D eigenvalue weighted by Gasteiger charge is -2.37. The topological polar surface area (TPSA) is 71.3 Å². The highest BCUT2D eigenvalue weighted by atomic mass is 16.5. The number of carbonyl (C=O) groups excluding carboxylic acids is 1. The van der Waals surface area contributed by atoms with Gasteiger partial charge in [-0.25, -0.2) is 0 Å². The molecule has 1 aromatic carbocycles. The lowest BCUT2D eigenvalue weighted by Crippen LogP contribution is -2.47. The molecule has 1 aromatic rings. The first kappa shape index (κ1) is 18.3. The molecule has 1 N–H and O–H groups in total. The molecule has 24 heavy (non-hydrogen) atoms. The van der Waals surface area contributed by atoms with Crippen LogP contribution in [0.4, 0.5) is 5.69 Å². The minimum Gasteiger partial charge on any atom is -0.492 e. The van der Waals surface area contributed by atoms with Crippen LogP contribution in [0.2, 0.25) is 0 Å². The first-order chi connectivity index (χ1) is 11.5. The molecule has 5 heteroatoms. The Labute approximate surface area is 144 Å². The first-order valence-corrected chi connectivity index (χ1v) is 8.58. The monoisotopic (exact) mass is 330 g/mol. The summed E-state index contributed by atoms with van der Waals surface area (Å²) in [5.74, 6) is 0.872. The summed E-state index contributed by atoms with van der Waals surface area (Å²) in [5, 5.41) is 12.2. The Balaban J connectivity index is 2.15. The minimum absolute atomic E-state index is 0.136. The summed E-state index contributed by atoms with van der Waals surface area (Å²) in [4.78, 5) is 12.8. The molecule has 5 nitrogen and oxygen atoms in total. The van der Waals surface area contributed by atoms with E-state index in [0.717, 1.165) is 32.1 Å². The van der Waals surface area contributed by atoms with Crippen molar-refractivity contribution in [3.8, 4) is 11.8 Å². The summed E-state index contributed by atoms with van der Waals surface area (Å²) in [6.07, 6.45) is 4.43. The average Bonchev–Trinajstić information content (AvgIpc) is 2.60. The summed E-state index contributed by atoms with van der Waals surface area (Å²) < 4.78 is 11.2. The van der Waals surface area contributed by atoms with Gasteiger partial charge in [-0.3, -0.25) is 4.79 Å². The number of nitrogens with one attached hydrogen (secondary N) is 1. The van der Waals surface area contributed by atoms with Crippen molar-refractivity contribution in [3.63, 3.8) is 0 Å². The van der Waals surface area contributed by atoms with Gasteiger partial charge < -0.3 is 14.8 Å². The maximum Gasteiger partial charge on any atom is 0.256 e. The first-order valence-electron chi connectivity index (χ1n) is 8.58. The van der Waals surface area contributed by atoms with Gasteiger partial charge in [-0.1, -0.05) is 20.3 Å². The highest BCUT2D eigenvalue weighted by Crippen LogP contribution is 2.36. The summed E-state index contributed by atoms with van der Waals surface area (Å²) in [6.45, 7) is 4.72. The zero-order valence-corrected chi connectivity index (χ0v) is 14.7. The number of nitriles is 1. The second-order valence-corrected chi connectivity index (χ2v) is 6.53. The van der Waals surface area contributed by atoms with E-state index in [0.29, 0.717) is 29.5 Å². The molecule has 0 saturated heterocycles. The molecule has 0 bridgehead atoms. The van der Waals surface area contributed by atoms with Crippen LogP contribution in [0.1, 0.15) is 51.5 Å². The summed E-state index contributed by atoms with van der Waals surface area (Å²) in [5.41, 5.74) is 0.238. The number of carbonyl (C=O) groups is 1. The van der Waals surface area contributed by atoms with Crippen LogP contribution < -0.4 is 10.1 Å². The van der Waals surface area contributed by atoms with Crippen molar-refractivity contribution in [2.45, 2.75) is 51.6 Å². The molecule has 0 spiro atoms. The number of rotatable bonds is 6. The van der Waals surface area contributed by atoms with E-state index in [-0.39, 0.29) is 5.91 Å². The zero-order chi connectivity index (χ0) is 17.6. The van der Waals surface area contributed by atoms with E-state index in [1.165, 1.54) is 0 Å². The number of anilines is 1. The Morgan fingerprint density at radius 1 is 1.50 bits per heavy atom. The van der Waals surface area contributed by atoms with Crippen molar-refractivity contribution in [2.75, 3.05) is 19.0 Å².